The third-order valence-corrected chi connectivity index (χ3v) is 4.29. The lowest BCUT2D eigenvalue weighted by atomic mass is 10.3. The van der Waals surface area contributed by atoms with Crippen LogP contribution in [0.15, 0.2) is 15.1 Å². The molecule has 1 atom stereocenters. The van der Waals surface area contributed by atoms with E-state index in [2.05, 4.69) is 30.4 Å². The maximum atomic E-state index is 12.1. The highest BCUT2D eigenvalue weighted by Gasteiger charge is 2.22. The maximum absolute atomic E-state index is 12.1. The highest BCUT2D eigenvalue weighted by atomic mass is 16.5. The number of aryl methyl sites for hydroxylation is 1. The summed E-state index contributed by atoms with van der Waals surface area (Å²) in [6, 6.07) is 1.69. The molecule has 0 saturated carbocycles. The van der Waals surface area contributed by atoms with Crippen LogP contribution in [0.2, 0.25) is 0 Å². The second-order valence-electron chi connectivity index (χ2n) is 6.35. The summed E-state index contributed by atoms with van der Waals surface area (Å²) >= 11 is 0. The van der Waals surface area contributed by atoms with Crippen LogP contribution < -0.4 is 5.32 Å². The van der Waals surface area contributed by atoms with E-state index in [0.717, 1.165) is 26.2 Å². The molecule has 3 heterocycles. The molecule has 0 aromatic carbocycles. The number of methoxy groups -OCH3 is 1. The van der Waals surface area contributed by atoms with E-state index in [-0.39, 0.29) is 12.0 Å². The molecule has 0 spiro atoms. The fourth-order valence-electron chi connectivity index (χ4n) is 2.71. The number of carbonyl (C=O) groups is 1. The van der Waals surface area contributed by atoms with Gasteiger partial charge >= 0.3 is 0 Å². The molecule has 2 aromatic heterocycles. The first-order valence-corrected chi connectivity index (χ1v) is 8.56. The lowest BCUT2D eigenvalue weighted by Crippen LogP contribution is -2.48. The van der Waals surface area contributed by atoms with Gasteiger partial charge in [0.2, 0.25) is 11.8 Å². The van der Waals surface area contributed by atoms with Gasteiger partial charge in [-0.15, -0.1) is 0 Å². The highest BCUT2D eigenvalue weighted by Crippen LogP contribution is 2.13. The van der Waals surface area contributed by atoms with Crippen molar-refractivity contribution in [2.24, 2.45) is 0 Å². The van der Waals surface area contributed by atoms with Gasteiger partial charge in [-0.05, 0) is 13.8 Å². The average molecular weight is 364 g/mol. The van der Waals surface area contributed by atoms with Crippen molar-refractivity contribution in [3.63, 3.8) is 0 Å². The molecule has 1 aliphatic rings. The van der Waals surface area contributed by atoms with Crippen LogP contribution in [-0.2, 0) is 16.1 Å². The molecule has 10 heteroatoms. The molecule has 1 aliphatic heterocycles. The summed E-state index contributed by atoms with van der Waals surface area (Å²) in [6.45, 7) is 7.82. The molecule has 0 radical (unpaired) electrons. The molecular weight excluding hydrogens is 340 g/mol. The van der Waals surface area contributed by atoms with Crippen LogP contribution in [0.4, 0.5) is 5.82 Å². The van der Waals surface area contributed by atoms with Crippen LogP contribution in [0, 0.1) is 6.92 Å². The number of nitrogens with one attached hydrogen (secondary N) is 1. The number of ether oxygens (including phenoxy) is 1. The summed E-state index contributed by atoms with van der Waals surface area (Å²) in [7, 11) is 1.61. The number of rotatable bonds is 7. The Labute approximate surface area is 151 Å². The molecule has 3 rings (SSSR count). The van der Waals surface area contributed by atoms with E-state index in [1.54, 1.807) is 20.1 Å². The van der Waals surface area contributed by atoms with Crippen LogP contribution in [0.5, 0.6) is 0 Å². The molecule has 1 fully saturated rings. The molecule has 1 unspecified atom stereocenters. The number of hydrogen-bond donors (Lipinski definition) is 1. The monoisotopic (exact) mass is 364 g/mol. The Morgan fingerprint density at radius 2 is 2.00 bits per heavy atom. The minimum atomic E-state index is -0.184. The molecule has 0 aliphatic carbocycles. The number of amides is 1. The van der Waals surface area contributed by atoms with E-state index in [1.165, 1.54) is 0 Å². The predicted molar refractivity (Wildman–Crippen MR) is 91.3 cm³/mol. The molecular formula is C16H24N6O4. The van der Waals surface area contributed by atoms with Gasteiger partial charge in [0.1, 0.15) is 11.9 Å². The van der Waals surface area contributed by atoms with E-state index in [1.807, 2.05) is 6.92 Å². The van der Waals surface area contributed by atoms with Crippen molar-refractivity contribution >= 4 is 11.7 Å². The molecule has 2 aromatic rings. The number of piperazine rings is 1. The summed E-state index contributed by atoms with van der Waals surface area (Å²) in [6.07, 6.45) is -0.184. The predicted octanol–water partition coefficient (Wildman–Crippen LogP) is 0.830. The SMILES string of the molecule is COC(C)c1noc(CN2CCN(CC(=O)Nc3cc(C)on3)CC2)n1. The van der Waals surface area contributed by atoms with E-state index in [4.69, 9.17) is 13.8 Å². The molecule has 26 heavy (non-hydrogen) atoms. The van der Waals surface area contributed by atoms with Gasteiger partial charge in [0.25, 0.3) is 0 Å². The number of anilines is 1. The van der Waals surface area contributed by atoms with Crippen molar-refractivity contribution < 1.29 is 18.6 Å². The topological polar surface area (TPSA) is 110 Å². The van der Waals surface area contributed by atoms with Crippen LogP contribution in [0.25, 0.3) is 0 Å². The Bertz CT molecular complexity index is 722. The van der Waals surface area contributed by atoms with E-state index < -0.39 is 0 Å². The quantitative estimate of drug-likeness (QED) is 0.764. The zero-order chi connectivity index (χ0) is 18.5. The smallest absolute Gasteiger partial charge is 0.240 e. The molecule has 1 N–H and O–H groups in total. The highest BCUT2D eigenvalue weighted by molar-refractivity contribution is 5.91. The summed E-state index contributed by atoms with van der Waals surface area (Å²) in [5, 5.41) is 10.4. The molecule has 10 nitrogen and oxygen atoms in total. The first-order chi connectivity index (χ1) is 12.5. The van der Waals surface area contributed by atoms with Crippen molar-refractivity contribution in [1.29, 1.82) is 0 Å². The van der Waals surface area contributed by atoms with E-state index >= 15 is 0 Å². The fraction of sp³-hybridized carbons (Fsp3) is 0.625. The Morgan fingerprint density at radius 3 is 2.65 bits per heavy atom. The van der Waals surface area contributed by atoms with Gasteiger partial charge in [-0.25, -0.2) is 0 Å². The Hall–Kier alpha value is -2.30. The number of hydrogen-bond acceptors (Lipinski definition) is 9. The van der Waals surface area contributed by atoms with Crippen molar-refractivity contribution in [1.82, 2.24) is 25.1 Å². The minimum Gasteiger partial charge on any atom is -0.374 e. The van der Waals surface area contributed by atoms with Crippen molar-refractivity contribution in [2.75, 3.05) is 45.2 Å². The first-order valence-electron chi connectivity index (χ1n) is 8.56. The lowest BCUT2D eigenvalue weighted by Gasteiger charge is -2.33. The largest absolute Gasteiger partial charge is 0.374 e. The van der Waals surface area contributed by atoms with Gasteiger partial charge in [0, 0.05) is 39.4 Å². The summed E-state index contributed by atoms with van der Waals surface area (Å²) in [5.41, 5.74) is 0. The third-order valence-electron chi connectivity index (χ3n) is 4.29. The minimum absolute atomic E-state index is 0.0955. The van der Waals surface area contributed by atoms with E-state index in [0.29, 0.717) is 36.4 Å². The number of aromatic nitrogens is 3. The summed E-state index contributed by atoms with van der Waals surface area (Å²) < 4.78 is 15.4. The van der Waals surface area contributed by atoms with Gasteiger partial charge in [-0.3, -0.25) is 14.6 Å². The normalized spacial score (nSPS) is 17.3. The number of carbonyl (C=O) groups excluding carboxylic acids is 1. The van der Waals surface area contributed by atoms with Gasteiger partial charge in [-0.2, -0.15) is 4.98 Å². The van der Waals surface area contributed by atoms with Gasteiger partial charge in [0.15, 0.2) is 11.6 Å². The van der Waals surface area contributed by atoms with Gasteiger partial charge < -0.3 is 19.1 Å². The molecule has 1 amide bonds. The average Bonchev–Trinajstić information content (AvgIpc) is 3.25. The Morgan fingerprint density at radius 1 is 1.27 bits per heavy atom. The van der Waals surface area contributed by atoms with Crippen LogP contribution in [-0.4, -0.2) is 70.8 Å². The maximum Gasteiger partial charge on any atom is 0.240 e. The third kappa shape index (κ3) is 4.87. The zero-order valence-corrected chi connectivity index (χ0v) is 15.3. The molecule has 0 bridgehead atoms. The molecule has 142 valence electrons. The standard InChI is InChI=1S/C16H24N6O4/c1-11-8-13(19-25-11)17-14(23)9-21-4-6-22(7-5-21)10-15-18-16(20-26-15)12(2)24-3/h8,12H,4-7,9-10H2,1-3H3,(H,17,19,23). The zero-order valence-electron chi connectivity index (χ0n) is 15.3. The van der Waals surface area contributed by atoms with Crippen LogP contribution in [0.3, 0.4) is 0 Å². The van der Waals surface area contributed by atoms with Crippen molar-refractivity contribution in [3.8, 4) is 0 Å². The number of nitrogens with zero attached hydrogens (tertiary/aromatic N) is 5. The Kier molecular flexibility index (Phi) is 5.96. The van der Waals surface area contributed by atoms with E-state index in [9.17, 15) is 4.79 Å². The lowest BCUT2D eigenvalue weighted by molar-refractivity contribution is -0.117. The van der Waals surface area contributed by atoms with Crippen molar-refractivity contribution in [2.45, 2.75) is 26.5 Å². The van der Waals surface area contributed by atoms with Crippen LogP contribution in [0.1, 0.15) is 30.5 Å². The summed E-state index contributed by atoms with van der Waals surface area (Å²) in [4.78, 5) is 20.7. The first kappa shape index (κ1) is 18.5. The Balaban J connectivity index is 1.41. The second-order valence-corrected chi connectivity index (χ2v) is 6.35. The second kappa shape index (κ2) is 8.39. The van der Waals surface area contributed by atoms with Crippen molar-refractivity contribution in [3.05, 3.63) is 23.5 Å². The molecule has 1 saturated heterocycles. The fourth-order valence-corrected chi connectivity index (χ4v) is 2.71. The van der Waals surface area contributed by atoms with Crippen LogP contribution >= 0.6 is 0 Å². The van der Waals surface area contributed by atoms with Gasteiger partial charge in [0.05, 0.1) is 13.1 Å². The van der Waals surface area contributed by atoms with Gasteiger partial charge in [-0.1, -0.05) is 10.3 Å². The summed E-state index contributed by atoms with van der Waals surface area (Å²) in [5.74, 6) is 2.15.